The zero-order valence-electron chi connectivity index (χ0n) is 11.5. The van der Waals surface area contributed by atoms with Gasteiger partial charge in [0.15, 0.2) is 0 Å². The molecule has 0 aliphatic carbocycles. The molecule has 0 spiro atoms. The van der Waals surface area contributed by atoms with E-state index >= 15 is 0 Å². The Bertz CT molecular complexity index is 527. The molecule has 1 heterocycles. The third-order valence-corrected chi connectivity index (χ3v) is 4.27. The van der Waals surface area contributed by atoms with Crippen molar-refractivity contribution in [2.75, 3.05) is 6.54 Å². The van der Waals surface area contributed by atoms with Crippen LogP contribution in [-0.2, 0) is 12.8 Å². The summed E-state index contributed by atoms with van der Waals surface area (Å²) in [6.45, 7) is 3.08. The van der Waals surface area contributed by atoms with E-state index in [0.717, 1.165) is 19.4 Å². The van der Waals surface area contributed by atoms with Gasteiger partial charge in [0.1, 0.15) is 5.82 Å². The highest BCUT2D eigenvalue weighted by atomic mass is 35.5. The SMILES string of the molecule is CCCNC(Cc1ccsc1)Cc1cccc(Cl)c1F. The lowest BCUT2D eigenvalue weighted by Gasteiger charge is -2.18. The number of hydrogen-bond donors (Lipinski definition) is 1. The Hall–Kier alpha value is -0.900. The Labute approximate surface area is 128 Å². The Morgan fingerprint density at radius 1 is 1.30 bits per heavy atom. The monoisotopic (exact) mass is 311 g/mol. The Morgan fingerprint density at radius 3 is 2.85 bits per heavy atom. The van der Waals surface area contributed by atoms with E-state index in [9.17, 15) is 4.39 Å². The van der Waals surface area contributed by atoms with Gasteiger partial charge in [-0.15, -0.1) is 0 Å². The molecule has 0 fully saturated rings. The molecular formula is C16H19ClFNS. The highest BCUT2D eigenvalue weighted by Crippen LogP contribution is 2.20. The van der Waals surface area contributed by atoms with Gasteiger partial charge in [-0.1, -0.05) is 30.7 Å². The zero-order chi connectivity index (χ0) is 14.4. The van der Waals surface area contributed by atoms with Gasteiger partial charge in [0.05, 0.1) is 5.02 Å². The van der Waals surface area contributed by atoms with E-state index in [-0.39, 0.29) is 16.9 Å². The molecule has 1 aromatic carbocycles. The van der Waals surface area contributed by atoms with Gasteiger partial charge >= 0.3 is 0 Å². The van der Waals surface area contributed by atoms with Crippen LogP contribution in [0.15, 0.2) is 35.0 Å². The lowest BCUT2D eigenvalue weighted by atomic mass is 10.00. The summed E-state index contributed by atoms with van der Waals surface area (Å²) in [7, 11) is 0. The summed E-state index contributed by atoms with van der Waals surface area (Å²) >= 11 is 7.54. The topological polar surface area (TPSA) is 12.0 Å². The molecule has 4 heteroatoms. The molecule has 1 aromatic heterocycles. The highest BCUT2D eigenvalue weighted by molar-refractivity contribution is 7.07. The summed E-state index contributed by atoms with van der Waals surface area (Å²) in [6, 6.07) is 7.57. The van der Waals surface area contributed by atoms with E-state index in [2.05, 4.69) is 29.1 Å². The van der Waals surface area contributed by atoms with Crippen LogP contribution < -0.4 is 5.32 Å². The van der Waals surface area contributed by atoms with Crippen LogP contribution in [0.2, 0.25) is 5.02 Å². The molecule has 0 bridgehead atoms. The van der Waals surface area contributed by atoms with Crippen molar-refractivity contribution >= 4 is 22.9 Å². The van der Waals surface area contributed by atoms with Crippen molar-refractivity contribution in [1.82, 2.24) is 5.32 Å². The van der Waals surface area contributed by atoms with E-state index in [1.54, 1.807) is 17.4 Å². The van der Waals surface area contributed by atoms with Crippen molar-refractivity contribution in [2.45, 2.75) is 32.2 Å². The second-order valence-electron chi connectivity index (χ2n) is 4.90. The summed E-state index contributed by atoms with van der Waals surface area (Å²) < 4.78 is 14.0. The van der Waals surface area contributed by atoms with Gasteiger partial charge in [0.25, 0.3) is 0 Å². The van der Waals surface area contributed by atoms with Gasteiger partial charge in [0.2, 0.25) is 0 Å². The molecule has 1 nitrogen and oxygen atoms in total. The number of hydrogen-bond acceptors (Lipinski definition) is 2. The number of rotatable bonds is 7. The van der Waals surface area contributed by atoms with Gasteiger partial charge in [-0.05, 0) is 59.8 Å². The smallest absolute Gasteiger partial charge is 0.145 e. The number of nitrogens with one attached hydrogen (secondary N) is 1. The molecule has 2 aromatic rings. The van der Waals surface area contributed by atoms with Crippen molar-refractivity contribution in [3.05, 3.63) is 57.0 Å². The minimum absolute atomic E-state index is 0.201. The van der Waals surface area contributed by atoms with Crippen molar-refractivity contribution in [3.63, 3.8) is 0 Å². The van der Waals surface area contributed by atoms with Crippen LogP contribution in [-0.4, -0.2) is 12.6 Å². The maximum atomic E-state index is 14.0. The van der Waals surface area contributed by atoms with E-state index in [1.165, 1.54) is 5.56 Å². The maximum Gasteiger partial charge on any atom is 0.145 e. The predicted octanol–water partition coefficient (Wildman–Crippen LogP) is 4.69. The third-order valence-electron chi connectivity index (χ3n) is 3.24. The Kier molecular flexibility index (Phi) is 6.02. The number of thiophene rings is 1. The van der Waals surface area contributed by atoms with Crippen LogP contribution in [0.25, 0.3) is 0 Å². The Morgan fingerprint density at radius 2 is 2.15 bits per heavy atom. The van der Waals surface area contributed by atoms with Gasteiger partial charge in [-0.25, -0.2) is 4.39 Å². The fraction of sp³-hybridized carbons (Fsp3) is 0.375. The molecule has 0 aliphatic rings. The normalized spacial score (nSPS) is 12.6. The average molecular weight is 312 g/mol. The largest absolute Gasteiger partial charge is 0.313 e. The molecule has 108 valence electrons. The molecular weight excluding hydrogens is 293 g/mol. The molecule has 0 radical (unpaired) electrons. The van der Waals surface area contributed by atoms with Crippen LogP contribution in [0.4, 0.5) is 4.39 Å². The quantitative estimate of drug-likeness (QED) is 0.782. The molecule has 0 saturated heterocycles. The second kappa shape index (κ2) is 7.77. The summed E-state index contributed by atoms with van der Waals surface area (Å²) in [4.78, 5) is 0. The Balaban J connectivity index is 2.08. The summed E-state index contributed by atoms with van der Waals surface area (Å²) in [6.07, 6.45) is 2.63. The van der Waals surface area contributed by atoms with Crippen molar-refractivity contribution in [1.29, 1.82) is 0 Å². The van der Waals surface area contributed by atoms with Crippen molar-refractivity contribution in [3.8, 4) is 0 Å². The number of benzene rings is 1. The second-order valence-corrected chi connectivity index (χ2v) is 6.09. The van der Waals surface area contributed by atoms with Crippen LogP contribution in [0, 0.1) is 5.82 Å². The van der Waals surface area contributed by atoms with Gasteiger partial charge in [-0.3, -0.25) is 0 Å². The van der Waals surface area contributed by atoms with E-state index < -0.39 is 0 Å². The molecule has 0 amide bonds. The first-order chi connectivity index (χ1) is 9.70. The van der Waals surface area contributed by atoms with Crippen LogP contribution in [0.3, 0.4) is 0 Å². The molecule has 1 atom stereocenters. The molecule has 1 unspecified atom stereocenters. The summed E-state index contributed by atoms with van der Waals surface area (Å²) in [5, 5.41) is 7.92. The van der Waals surface area contributed by atoms with E-state index in [4.69, 9.17) is 11.6 Å². The number of halogens is 2. The first kappa shape index (κ1) is 15.5. The van der Waals surface area contributed by atoms with E-state index in [1.807, 2.05) is 12.1 Å². The summed E-state index contributed by atoms with van der Waals surface area (Å²) in [5.41, 5.74) is 1.98. The molecule has 1 N–H and O–H groups in total. The minimum Gasteiger partial charge on any atom is -0.313 e. The molecule has 2 rings (SSSR count). The van der Waals surface area contributed by atoms with Crippen molar-refractivity contribution in [2.24, 2.45) is 0 Å². The fourth-order valence-electron chi connectivity index (χ4n) is 2.23. The van der Waals surface area contributed by atoms with Crippen LogP contribution in [0.5, 0.6) is 0 Å². The highest BCUT2D eigenvalue weighted by Gasteiger charge is 2.14. The molecule has 0 saturated carbocycles. The van der Waals surface area contributed by atoms with Crippen LogP contribution >= 0.6 is 22.9 Å². The zero-order valence-corrected chi connectivity index (χ0v) is 13.1. The third kappa shape index (κ3) is 4.30. The average Bonchev–Trinajstić information content (AvgIpc) is 2.94. The summed E-state index contributed by atoms with van der Waals surface area (Å²) in [5.74, 6) is -0.289. The molecule has 0 aliphatic heterocycles. The van der Waals surface area contributed by atoms with Gasteiger partial charge in [-0.2, -0.15) is 11.3 Å². The minimum atomic E-state index is -0.289. The predicted molar refractivity (Wildman–Crippen MR) is 85.2 cm³/mol. The lowest BCUT2D eigenvalue weighted by molar-refractivity contribution is 0.493. The van der Waals surface area contributed by atoms with Gasteiger partial charge < -0.3 is 5.32 Å². The standard InChI is InChI=1S/C16H19ClFNS/c1-2-7-19-14(9-12-6-8-20-11-12)10-13-4-3-5-15(17)16(13)18/h3-6,8,11,14,19H,2,7,9-10H2,1H3. The first-order valence-corrected chi connectivity index (χ1v) is 8.20. The van der Waals surface area contributed by atoms with E-state index in [0.29, 0.717) is 12.0 Å². The lowest BCUT2D eigenvalue weighted by Crippen LogP contribution is -2.34. The van der Waals surface area contributed by atoms with Crippen molar-refractivity contribution < 1.29 is 4.39 Å². The maximum absolute atomic E-state index is 14.0. The fourth-order valence-corrected chi connectivity index (χ4v) is 3.11. The van der Waals surface area contributed by atoms with Gasteiger partial charge in [0, 0.05) is 6.04 Å². The molecule has 20 heavy (non-hydrogen) atoms. The first-order valence-electron chi connectivity index (χ1n) is 6.88. The van der Waals surface area contributed by atoms with Crippen LogP contribution in [0.1, 0.15) is 24.5 Å².